The standard InChI is InChI=1S/C24H22N2O3S/c27-24(25-14-18-6-8-21-22(12-18)29-16-28-21)19-7-9-23-20(13-19)26(10-11-30-23)15-17-4-2-1-3-5-17/h1-9,12-13H,10-11,14-16H2,(H,25,27). The number of thioether (sulfide) groups is 1. The van der Waals surface area contributed by atoms with Gasteiger partial charge < -0.3 is 19.7 Å². The molecule has 0 radical (unpaired) electrons. The van der Waals surface area contributed by atoms with E-state index in [9.17, 15) is 4.79 Å². The molecular weight excluding hydrogens is 396 g/mol. The van der Waals surface area contributed by atoms with Gasteiger partial charge >= 0.3 is 0 Å². The second-order valence-corrected chi connectivity index (χ2v) is 8.45. The molecule has 152 valence electrons. The smallest absolute Gasteiger partial charge is 0.251 e. The van der Waals surface area contributed by atoms with Gasteiger partial charge in [-0.2, -0.15) is 0 Å². The SMILES string of the molecule is O=C(NCc1ccc2c(c1)OCO2)c1ccc2c(c1)N(Cc1ccccc1)CCS2. The first kappa shape index (κ1) is 18.9. The van der Waals surface area contributed by atoms with Crippen LogP contribution in [0.15, 0.2) is 71.6 Å². The minimum Gasteiger partial charge on any atom is -0.454 e. The summed E-state index contributed by atoms with van der Waals surface area (Å²) in [6.07, 6.45) is 0. The zero-order chi connectivity index (χ0) is 20.3. The summed E-state index contributed by atoms with van der Waals surface area (Å²) in [5.74, 6) is 2.45. The summed E-state index contributed by atoms with van der Waals surface area (Å²) < 4.78 is 10.7. The van der Waals surface area contributed by atoms with Crippen molar-refractivity contribution in [3.05, 3.63) is 83.4 Å². The van der Waals surface area contributed by atoms with E-state index in [-0.39, 0.29) is 12.7 Å². The van der Waals surface area contributed by atoms with Gasteiger partial charge in [-0.15, -0.1) is 11.8 Å². The molecule has 0 fully saturated rings. The van der Waals surface area contributed by atoms with Crippen LogP contribution in [-0.4, -0.2) is 25.0 Å². The van der Waals surface area contributed by atoms with Crippen molar-refractivity contribution < 1.29 is 14.3 Å². The lowest BCUT2D eigenvalue weighted by Gasteiger charge is -2.31. The quantitative estimate of drug-likeness (QED) is 0.663. The monoisotopic (exact) mass is 418 g/mol. The molecule has 0 aromatic heterocycles. The first-order valence-corrected chi connectivity index (χ1v) is 11.0. The number of nitrogens with zero attached hydrogens (tertiary/aromatic N) is 1. The zero-order valence-corrected chi connectivity index (χ0v) is 17.3. The largest absolute Gasteiger partial charge is 0.454 e. The van der Waals surface area contributed by atoms with Crippen LogP contribution < -0.4 is 19.7 Å². The van der Waals surface area contributed by atoms with Gasteiger partial charge in [-0.1, -0.05) is 36.4 Å². The molecule has 3 aromatic carbocycles. The van der Waals surface area contributed by atoms with E-state index in [2.05, 4.69) is 40.5 Å². The Kier molecular flexibility index (Phi) is 5.24. The number of ether oxygens (including phenoxy) is 2. The molecule has 0 atom stereocenters. The molecule has 2 aliphatic heterocycles. The van der Waals surface area contributed by atoms with Crippen LogP contribution in [-0.2, 0) is 13.1 Å². The second kappa shape index (κ2) is 8.32. The minimum absolute atomic E-state index is 0.0781. The highest BCUT2D eigenvalue weighted by atomic mass is 32.2. The lowest BCUT2D eigenvalue weighted by Crippen LogP contribution is -2.29. The molecule has 2 aliphatic rings. The van der Waals surface area contributed by atoms with E-state index in [1.54, 1.807) is 0 Å². The number of rotatable bonds is 5. The Hall–Kier alpha value is -3.12. The van der Waals surface area contributed by atoms with Gasteiger partial charge in [0.2, 0.25) is 6.79 Å². The normalized spacial score (nSPS) is 14.3. The highest BCUT2D eigenvalue weighted by molar-refractivity contribution is 7.99. The number of carbonyl (C=O) groups excluding carboxylic acids is 1. The fourth-order valence-corrected chi connectivity index (χ4v) is 4.75. The predicted octanol–water partition coefficient (Wildman–Crippen LogP) is 4.46. The number of fused-ring (bicyclic) bond motifs is 2. The molecule has 0 aliphatic carbocycles. The molecular formula is C24H22N2O3S. The second-order valence-electron chi connectivity index (χ2n) is 7.31. The van der Waals surface area contributed by atoms with Gasteiger partial charge in [0.25, 0.3) is 5.91 Å². The number of anilines is 1. The summed E-state index contributed by atoms with van der Waals surface area (Å²) >= 11 is 1.85. The maximum absolute atomic E-state index is 12.8. The van der Waals surface area contributed by atoms with E-state index in [0.717, 1.165) is 41.6 Å². The third-order valence-corrected chi connectivity index (χ3v) is 6.33. The van der Waals surface area contributed by atoms with Crippen LogP contribution in [0.3, 0.4) is 0 Å². The Morgan fingerprint density at radius 3 is 2.73 bits per heavy atom. The van der Waals surface area contributed by atoms with E-state index in [1.165, 1.54) is 10.5 Å². The van der Waals surface area contributed by atoms with Crippen molar-refractivity contribution in [2.75, 3.05) is 24.0 Å². The number of benzene rings is 3. The lowest BCUT2D eigenvalue weighted by atomic mass is 10.1. The van der Waals surface area contributed by atoms with Crippen molar-refractivity contribution in [1.29, 1.82) is 0 Å². The minimum atomic E-state index is -0.0781. The van der Waals surface area contributed by atoms with Gasteiger partial charge in [-0.25, -0.2) is 0 Å². The molecule has 6 heteroatoms. The molecule has 0 spiro atoms. The van der Waals surface area contributed by atoms with Gasteiger partial charge in [-0.05, 0) is 41.5 Å². The number of carbonyl (C=O) groups is 1. The summed E-state index contributed by atoms with van der Waals surface area (Å²) in [4.78, 5) is 16.4. The molecule has 1 N–H and O–H groups in total. The molecule has 3 aromatic rings. The van der Waals surface area contributed by atoms with Crippen LogP contribution in [0.25, 0.3) is 0 Å². The fourth-order valence-electron chi connectivity index (χ4n) is 3.72. The first-order chi connectivity index (χ1) is 14.8. The van der Waals surface area contributed by atoms with Crippen LogP contribution >= 0.6 is 11.8 Å². The fraction of sp³-hybridized carbons (Fsp3) is 0.208. The maximum atomic E-state index is 12.8. The molecule has 0 saturated heterocycles. The number of nitrogens with one attached hydrogen (secondary N) is 1. The van der Waals surface area contributed by atoms with Crippen LogP contribution in [0.2, 0.25) is 0 Å². The number of hydrogen-bond donors (Lipinski definition) is 1. The molecule has 5 rings (SSSR count). The van der Waals surface area contributed by atoms with Gasteiger partial charge in [0.05, 0.1) is 5.69 Å². The number of hydrogen-bond acceptors (Lipinski definition) is 5. The zero-order valence-electron chi connectivity index (χ0n) is 16.5. The molecule has 5 nitrogen and oxygen atoms in total. The summed E-state index contributed by atoms with van der Waals surface area (Å²) in [5, 5.41) is 3.02. The molecule has 1 amide bonds. The Bertz CT molecular complexity index is 1070. The van der Waals surface area contributed by atoms with Gasteiger partial charge in [0.15, 0.2) is 11.5 Å². The Morgan fingerprint density at radius 2 is 1.83 bits per heavy atom. The van der Waals surface area contributed by atoms with Gasteiger partial charge in [0.1, 0.15) is 0 Å². The van der Waals surface area contributed by atoms with Crippen LogP contribution in [0, 0.1) is 0 Å². The molecule has 0 unspecified atom stereocenters. The summed E-state index contributed by atoms with van der Waals surface area (Å²) in [6, 6.07) is 22.2. The summed E-state index contributed by atoms with van der Waals surface area (Å²) in [6.45, 7) is 2.50. The molecule has 0 saturated carbocycles. The van der Waals surface area contributed by atoms with E-state index in [1.807, 2.05) is 48.2 Å². The molecule has 30 heavy (non-hydrogen) atoms. The summed E-state index contributed by atoms with van der Waals surface area (Å²) in [7, 11) is 0. The average molecular weight is 419 g/mol. The predicted molar refractivity (Wildman–Crippen MR) is 118 cm³/mol. The van der Waals surface area contributed by atoms with E-state index < -0.39 is 0 Å². The van der Waals surface area contributed by atoms with Crippen molar-refractivity contribution in [2.45, 2.75) is 18.0 Å². The van der Waals surface area contributed by atoms with Crippen LogP contribution in [0.1, 0.15) is 21.5 Å². The lowest BCUT2D eigenvalue weighted by molar-refractivity contribution is 0.0950. The van der Waals surface area contributed by atoms with Crippen LogP contribution in [0.5, 0.6) is 11.5 Å². The number of amides is 1. The van der Waals surface area contributed by atoms with E-state index in [0.29, 0.717) is 12.1 Å². The van der Waals surface area contributed by atoms with Crippen molar-refractivity contribution in [2.24, 2.45) is 0 Å². The van der Waals surface area contributed by atoms with E-state index >= 15 is 0 Å². The Morgan fingerprint density at radius 1 is 0.967 bits per heavy atom. The average Bonchev–Trinajstić information content (AvgIpc) is 3.26. The summed E-state index contributed by atoms with van der Waals surface area (Å²) in [5.41, 5.74) is 4.06. The third kappa shape index (κ3) is 3.96. The van der Waals surface area contributed by atoms with E-state index in [4.69, 9.17) is 9.47 Å². The molecule has 2 heterocycles. The Labute approximate surface area is 180 Å². The highest BCUT2D eigenvalue weighted by Crippen LogP contribution is 2.36. The van der Waals surface area contributed by atoms with Crippen molar-refractivity contribution in [1.82, 2.24) is 5.32 Å². The van der Waals surface area contributed by atoms with Gasteiger partial charge in [0, 0.05) is 35.8 Å². The Balaban J connectivity index is 1.30. The first-order valence-electron chi connectivity index (χ1n) is 9.99. The van der Waals surface area contributed by atoms with Gasteiger partial charge in [-0.3, -0.25) is 4.79 Å². The highest BCUT2D eigenvalue weighted by Gasteiger charge is 2.20. The van der Waals surface area contributed by atoms with Crippen molar-refractivity contribution in [3.63, 3.8) is 0 Å². The van der Waals surface area contributed by atoms with Crippen molar-refractivity contribution >= 4 is 23.4 Å². The van der Waals surface area contributed by atoms with Crippen LogP contribution in [0.4, 0.5) is 5.69 Å². The third-order valence-electron chi connectivity index (χ3n) is 5.29. The topological polar surface area (TPSA) is 50.8 Å². The van der Waals surface area contributed by atoms with Crippen molar-refractivity contribution in [3.8, 4) is 11.5 Å². The maximum Gasteiger partial charge on any atom is 0.251 e. The molecule has 0 bridgehead atoms.